The maximum absolute atomic E-state index is 12.3. The van der Waals surface area contributed by atoms with E-state index in [0.717, 1.165) is 29.7 Å². The Morgan fingerprint density at radius 3 is 2.38 bits per heavy atom. The number of carbonyl (C=O) groups is 1. The predicted molar refractivity (Wildman–Crippen MR) is 98.8 cm³/mol. The van der Waals surface area contributed by atoms with Crippen LogP contribution in [0.5, 0.6) is 0 Å². The molecule has 0 bridgehead atoms. The maximum Gasteiger partial charge on any atom is 0.234 e. The van der Waals surface area contributed by atoms with Crippen LogP contribution in [-0.4, -0.2) is 26.5 Å². The first kappa shape index (κ1) is 18.3. The van der Waals surface area contributed by atoms with Crippen molar-refractivity contribution in [1.82, 2.24) is 14.9 Å². The van der Waals surface area contributed by atoms with Gasteiger partial charge in [0.25, 0.3) is 0 Å². The number of hydrogen-bond donors (Lipinski definition) is 2. The lowest BCUT2D eigenvalue weighted by molar-refractivity contribution is -0.113. The molecule has 130 valence electrons. The highest BCUT2D eigenvalue weighted by molar-refractivity contribution is 7.99. The maximum atomic E-state index is 12.3. The molecule has 2 aromatic rings. The molecule has 1 heterocycles. The Labute approximate surface area is 147 Å². The number of nitrogens with zero attached hydrogens (tertiary/aromatic N) is 3. The molecule has 0 spiro atoms. The molecule has 0 unspecified atom stereocenters. The van der Waals surface area contributed by atoms with Crippen molar-refractivity contribution >= 4 is 23.4 Å². The minimum absolute atomic E-state index is 0.0651. The van der Waals surface area contributed by atoms with Crippen molar-refractivity contribution in [2.45, 2.75) is 51.6 Å². The van der Waals surface area contributed by atoms with Gasteiger partial charge in [0.15, 0.2) is 5.82 Å². The molecule has 1 amide bonds. The van der Waals surface area contributed by atoms with Gasteiger partial charge >= 0.3 is 0 Å². The molecule has 0 fully saturated rings. The molecule has 0 aliphatic rings. The molecule has 0 aliphatic heterocycles. The van der Waals surface area contributed by atoms with Gasteiger partial charge < -0.3 is 11.2 Å². The SMILES string of the molecule is CCc1cccc(CC)c1NC(=O)CSc1nnc(C(C)C)n1N. The van der Waals surface area contributed by atoms with E-state index in [1.807, 2.05) is 32.0 Å². The second-order valence-electron chi connectivity index (χ2n) is 5.86. The topological polar surface area (TPSA) is 85.8 Å². The van der Waals surface area contributed by atoms with Crippen LogP contribution in [0.3, 0.4) is 0 Å². The smallest absolute Gasteiger partial charge is 0.234 e. The lowest BCUT2D eigenvalue weighted by Gasteiger charge is -2.14. The van der Waals surface area contributed by atoms with Gasteiger partial charge in [-0.25, -0.2) is 4.68 Å². The van der Waals surface area contributed by atoms with E-state index < -0.39 is 0 Å². The number of benzene rings is 1. The molecule has 0 radical (unpaired) electrons. The number of rotatable bonds is 7. The second-order valence-corrected chi connectivity index (χ2v) is 6.80. The van der Waals surface area contributed by atoms with E-state index in [-0.39, 0.29) is 17.6 Å². The van der Waals surface area contributed by atoms with Gasteiger partial charge in [0.1, 0.15) is 0 Å². The number of hydrogen-bond acceptors (Lipinski definition) is 5. The number of carbonyl (C=O) groups excluding carboxylic acids is 1. The highest BCUT2D eigenvalue weighted by Crippen LogP contribution is 2.24. The van der Waals surface area contributed by atoms with Crippen LogP contribution in [0.4, 0.5) is 5.69 Å². The quantitative estimate of drug-likeness (QED) is 0.594. The normalized spacial score (nSPS) is 11.0. The summed E-state index contributed by atoms with van der Waals surface area (Å²) in [6.45, 7) is 8.18. The monoisotopic (exact) mass is 347 g/mol. The van der Waals surface area contributed by atoms with Gasteiger partial charge in [-0.2, -0.15) is 0 Å². The standard InChI is InChI=1S/C17H25N5OS/c1-5-12-8-7-9-13(6-2)15(12)19-14(23)10-24-17-21-20-16(11(3)4)22(17)18/h7-9,11H,5-6,10,18H2,1-4H3,(H,19,23). The summed E-state index contributed by atoms with van der Waals surface area (Å²) in [5.74, 6) is 7.05. The van der Waals surface area contributed by atoms with E-state index >= 15 is 0 Å². The molecule has 2 rings (SSSR count). The van der Waals surface area contributed by atoms with Crippen molar-refractivity contribution in [3.63, 3.8) is 0 Å². The summed E-state index contributed by atoms with van der Waals surface area (Å²) in [5, 5.41) is 11.7. The molecule has 3 N–H and O–H groups in total. The molecule has 0 saturated carbocycles. The van der Waals surface area contributed by atoms with Crippen molar-refractivity contribution in [2.24, 2.45) is 0 Å². The summed E-state index contributed by atoms with van der Waals surface area (Å²) in [6.07, 6.45) is 1.76. The summed E-state index contributed by atoms with van der Waals surface area (Å²) in [6, 6.07) is 6.13. The van der Waals surface area contributed by atoms with Crippen LogP contribution in [0.25, 0.3) is 0 Å². The zero-order chi connectivity index (χ0) is 17.7. The van der Waals surface area contributed by atoms with E-state index in [9.17, 15) is 4.79 Å². The van der Waals surface area contributed by atoms with Crippen molar-refractivity contribution in [3.05, 3.63) is 35.2 Å². The summed E-state index contributed by atoms with van der Waals surface area (Å²) in [5.41, 5.74) is 3.23. The number of nitrogens with one attached hydrogen (secondary N) is 1. The van der Waals surface area contributed by atoms with E-state index in [1.54, 1.807) is 0 Å². The molecule has 0 atom stereocenters. The summed E-state index contributed by atoms with van der Waals surface area (Å²) in [7, 11) is 0. The molecule has 0 saturated heterocycles. The molecular formula is C17H25N5OS. The highest BCUT2D eigenvalue weighted by Gasteiger charge is 2.15. The molecule has 1 aromatic carbocycles. The number of nitrogen functional groups attached to an aromatic ring is 1. The minimum atomic E-state index is -0.0651. The first-order valence-corrected chi connectivity index (χ1v) is 9.20. The summed E-state index contributed by atoms with van der Waals surface area (Å²) in [4.78, 5) is 12.3. The van der Waals surface area contributed by atoms with E-state index in [1.165, 1.54) is 16.4 Å². The van der Waals surface area contributed by atoms with Crippen LogP contribution < -0.4 is 11.2 Å². The molecule has 6 nitrogen and oxygen atoms in total. The number of amides is 1. The van der Waals surface area contributed by atoms with E-state index in [2.05, 4.69) is 29.4 Å². The first-order chi connectivity index (χ1) is 11.5. The van der Waals surface area contributed by atoms with Crippen LogP contribution in [0.1, 0.15) is 50.6 Å². The largest absolute Gasteiger partial charge is 0.336 e. The van der Waals surface area contributed by atoms with Gasteiger partial charge in [-0.05, 0) is 24.0 Å². The number of nitrogens with two attached hydrogens (primary N) is 1. The number of thioether (sulfide) groups is 1. The number of aryl methyl sites for hydroxylation is 2. The Morgan fingerprint density at radius 1 is 1.25 bits per heavy atom. The van der Waals surface area contributed by atoms with Crippen molar-refractivity contribution in [3.8, 4) is 0 Å². The third kappa shape index (κ3) is 4.08. The fourth-order valence-electron chi connectivity index (χ4n) is 2.49. The Morgan fingerprint density at radius 2 is 1.88 bits per heavy atom. The Balaban J connectivity index is 2.04. The van der Waals surface area contributed by atoms with Gasteiger partial charge in [-0.1, -0.05) is 57.7 Å². The van der Waals surface area contributed by atoms with Gasteiger partial charge in [-0.15, -0.1) is 10.2 Å². The lowest BCUT2D eigenvalue weighted by atomic mass is 10.0. The van der Waals surface area contributed by atoms with E-state index in [4.69, 9.17) is 5.84 Å². The fourth-order valence-corrected chi connectivity index (χ4v) is 3.15. The average molecular weight is 347 g/mol. The zero-order valence-corrected chi connectivity index (χ0v) is 15.5. The molecule has 24 heavy (non-hydrogen) atoms. The second kappa shape index (κ2) is 8.19. The summed E-state index contributed by atoms with van der Waals surface area (Å²) >= 11 is 1.29. The Hall–Kier alpha value is -2.02. The average Bonchev–Trinajstić information content (AvgIpc) is 2.94. The molecule has 7 heteroatoms. The number of aromatic nitrogens is 3. The predicted octanol–water partition coefficient (Wildman–Crippen LogP) is 2.97. The Kier molecular flexibility index (Phi) is 6.25. The van der Waals surface area contributed by atoms with Crippen molar-refractivity contribution < 1.29 is 4.79 Å². The van der Waals surface area contributed by atoms with Gasteiger partial charge in [0.05, 0.1) is 5.75 Å². The van der Waals surface area contributed by atoms with Crippen LogP contribution in [0.2, 0.25) is 0 Å². The van der Waals surface area contributed by atoms with Crippen LogP contribution in [-0.2, 0) is 17.6 Å². The van der Waals surface area contributed by atoms with Crippen LogP contribution in [0, 0.1) is 0 Å². The fraction of sp³-hybridized carbons (Fsp3) is 0.471. The first-order valence-electron chi connectivity index (χ1n) is 8.21. The summed E-state index contributed by atoms with van der Waals surface area (Å²) < 4.78 is 1.46. The molecule has 0 aliphatic carbocycles. The highest BCUT2D eigenvalue weighted by atomic mass is 32.2. The Bertz CT molecular complexity index is 689. The number of anilines is 1. The molecule has 1 aromatic heterocycles. The van der Waals surface area contributed by atoms with Gasteiger partial charge in [0.2, 0.25) is 11.1 Å². The zero-order valence-electron chi connectivity index (χ0n) is 14.7. The third-order valence-electron chi connectivity index (χ3n) is 3.80. The minimum Gasteiger partial charge on any atom is -0.336 e. The van der Waals surface area contributed by atoms with Crippen LogP contribution in [0.15, 0.2) is 23.4 Å². The van der Waals surface area contributed by atoms with Gasteiger partial charge in [-0.3, -0.25) is 4.79 Å². The lowest BCUT2D eigenvalue weighted by Crippen LogP contribution is -2.19. The van der Waals surface area contributed by atoms with Crippen LogP contribution >= 0.6 is 11.8 Å². The molecular weight excluding hydrogens is 322 g/mol. The van der Waals surface area contributed by atoms with E-state index in [0.29, 0.717) is 11.0 Å². The van der Waals surface area contributed by atoms with Gasteiger partial charge in [0, 0.05) is 11.6 Å². The third-order valence-corrected chi connectivity index (χ3v) is 4.75. The van der Waals surface area contributed by atoms with Crippen molar-refractivity contribution in [2.75, 3.05) is 16.9 Å². The number of para-hydroxylation sites is 1. The van der Waals surface area contributed by atoms with Crippen molar-refractivity contribution in [1.29, 1.82) is 0 Å².